The van der Waals surface area contributed by atoms with Gasteiger partial charge in [0.05, 0.1) is 13.2 Å². The van der Waals surface area contributed by atoms with Crippen molar-refractivity contribution >= 4 is 11.8 Å². The molecular formula is C16H29NO2S. The first-order valence-corrected chi connectivity index (χ1v) is 9.42. The summed E-state index contributed by atoms with van der Waals surface area (Å²) < 4.78 is 11.9. The van der Waals surface area contributed by atoms with Crippen molar-refractivity contribution in [1.29, 1.82) is 0 Å². The zero-order valence-corrected chi connectivity index (χ0v) is 13.6. The van der Waals surface area contributed by atoms with Crippen molar-refractivity contribution in [3.8, 4) is 0 Å². The highest BCUT2D eigenvalue weighted by atomic mass is 32.2. The van der Waals surface area contributed by atoms with Crippen LogP contribution < -0.4 is 5.32 Å². The second kappa shape index (κ2) is 6.99. The zero-order valence-electron chi connectivity index (χ0n) is 12.7. The average molecular weight is 299 g/mol. The predicted octanol–water partition coefficient (Wildman–Crippen LogP) is 3.33. The minimum atomic E-state index is -0.238. The van der Waals surface area contributed by atoms with Gasteiger partial charge in [-0.05, 0) is 25.8 Å². The highest BCUT2D eigenvalue weighted by Gasteiger charge is 2.45. The van der Waals surface area contributed by atoms with Crippen molar-refractivity contribution in [2.24, 2.45) is 0 Å². The zero-order chi connectivity index (χ0) is 13.8. The fourth-order valence-electron chi connectivity index (χ4n) is 3.96. The molecule has 0 bridgehead atoms. The van der Waals surface area contributed by atoms with Crippen molar-refractivity contribution in [2.45, 2.75) is 80.6 Å². The molecule has 1 N–H and O–H groups in total. The molecule has 116 valence electrons. The van der Waals surface area contributed by atoms with Crippen molar-refractivity contribution in [3.05, 3.63) is 0 Å². The molecule has 0 amide bonds. The summed E-state index contributed by atoms with van der Waals surface area (Å²) in [6, 6.07) is 0.644. The lowest BCUT2D eigenvalue weighted by Gasteiger charge is -2.42. The Labute approximate surface area is 127 Å². The van der Waals surface area contributed by atoms with E-state index < -0.39 is 0 Å². The van der Waals surface area contributed by atoms with Crippen LogP contribution in [0.5, 0.6) is 0 Å². The molecule has 0 aromatic heterocycles. The highest BCUT2D eigenvalue weighted by Crippen LogP contribution is 2.43. The first-order chi connectivity index (χ1) is 9.81. The second-order valence-corrected chi connectivity index (χ2v) is 7.99. The lowest BCUT2D eigenvalue weighted by atomic mass is 9.89. The molecular weight excluding hydrogens is 270 g/mol. The summed E-state index contributed by atoms with van der Waals surface area (Å²) in [6.07, 6.45) is 10.4. The van der Waals surface area contributed by atoms with Crippen LogP contribution in [0.4, 0.5) is 0 Å². The smallest absolute Gasteiger partial charge is 0.169 e. The van der Waals surface area contributed by atoms with Gasteiger partial charge < -0.3 is 14.8 Å². The number of hydrogen-bond donors (Lipinski definition) is 1. The molecule has 2 aliphatic carbocycles. The minimum Gasteiger partial charge on any atom is -0.347 e. The minimum absolute atomic E-state index is 0.238. The van der Waals surface area contributed by atoms with Crippen LogP contribution in [0.25, 0.3) is 0 Å². The Kier molecular flexibility index (Phi) is 5.29. The molecule has 0 aromatic carbocycles. The summed E-state index contributed by atoms with van der Waals surface area (Å²) in [5.41, 5.74) is 0. The van der Waals surface area contributed by atoms with Crippen molar-refractivity contribution < 1.29 is 9.47 Å². The fraction of sp³-hybridized carbons (Fsp3) is 1.00. The topological polar surface area (TPSA) is 30.5 Å². The number of hydrogen-bond acceptors (Lipinski definition) is 4. The molecule has 4 heteroatoms. The van der Waals surface area contributed by atoms with Crippen LogP contribution >= 0.6 is 11.8 Å². The molecule has 1 spiro atoms. The van der Waals surface area contributed by atoms with E-state index in [4.69, 9.17) is 9.47 Å². The number of nitrogens with one attached hydrogen (secondary N) is 1. The molecule has 3 fully saturated rings. The van der Waals surface area contributed by atoms with E-state index in [1.165, 1.54) is 38.5 Å². The third-order valence-corrected chi connectivity index (χ3v) is 6.70. The van der Waals surface area contributed by atoms with Gasteiger partial charge in [0.15, 0.2) is 5.79 Å². The highest BCUT2D eigenvalue weighted by molar-refractivity contribution is 8.00. The summed E-state index contributed by atoms with van der Waals surface area (Å²) in [7, 11) is 0. The Morgan fingerprint density at radius 1 is 1.10 bits per heavy atom. The normalized spacial score (nSPS) is 34.6. The second-order valence-electron chi connectivity index (χ2n) is 6.45. The summed E-state index contributed by atoms with van der Waals surface area (Å²) in [6.45, 7) is 4.86. The van der Waals surface area contributed by atoms with Gasteiger partial charge in [0, 0.05) is 29.4 Å². The molecule has 0 radical (unpaired) electrons. The third kappa shape index (κ3) is 3.52. The van der Waals surface area contributed by atoms with E-state index in [1.807, 2.05) is 0 Å². The summed E-state index contributed by atoms with van der Waals surface area (Å²) in [5.74, 6) is -0.238. The van der Waals surface area contributed by atoms with Crippen LogP contribution in [0.3, 0.4) is 0 Å². The fourth-order valence-corrected chi connectivity index (χ4v) is 5.83. The van der Waals surface area contributed by atoms with E-state index in [0.717, 1.165) is 37.9 Å². The van der Waals surface area contributed by atoms with Crippen molar-refractivity contribution in [2.75, 3.05) is 19.8 Å². The van der Waals surface area contributed by atoms with E-state index in [2.05, 4.69) is 24.0 Å². The van der Waals surface area contributed by atoms with Gasteiger partial charge in [0.1, 0.15) is 0 Å². The molecule has 1 heterocycles. The third-order valence-electron chi connectivity index (χ3n) is 5.00. The van der Waals surface area contributed by atoms with Gasteiger partial charge in [0.2, 0.25) is 0 Å². The standard InChI is InChI=1S/C16H29NO2S/c1-2-17-14-8-9-16(18-10-11-19-16)12-15(14)20-13-6-4-3-5-7-13/h13-15,17H,2-12H2,1H3. The number of thioether (sulfide) groups is 1. The quantitative estimate of drug-likeness (QED) is 0.862. The molecule has 1 saturated heterocycles. The van der Waals surface area contributed by atoms with Gasteiger partial charge >= 0.3 is 0 Å². The SMILES string of the molecule is CCNC1CCC2(CC1SC1CCCCC1)OCCO2. The first-order valence-electron chi connectivity index (χ1n) is 8.48. The van der Waals surface area contributed by atoms with E-state index in [9.17, 15) is 0 Å². The molecule has 3 aliphatic rings. The van der Waals surface area contributed by atoms with Crippen molar-refractivity contribution in [1.82, 2.24) is 5.32 Å². The van der Waals surface area contributed by atoms with Gasteiger partial charge in [-0.3, -0.25) is 0 Å². The number of rotatable bonds is 4. The van der Waals surface area contributed by atoms with Gasteiger partial charge in [-0.15, -0.1) is 0 Å². The lowest BCUT2D eigenvalue weighted by molar-refractivity contribution is -0.178. The molecule has 1 aliphatic heterocycles. The summed E-state index contributed by atoms with van der Waals surface area (Å²) >= 11 is 2.23. The van der Waals surface area contributed by atoms with E-state index in [-0.39, 0.29) is 5.79 Å². The number of ether oxygens (including phenoxy) is 2. The maximum Gasteiger partial charge on any atom is 0.169 e. The maximum absolute atomic E-state index is 5.96. The van der Waals surface area contributed by atoms with Gasteiger partial charge in [-0.1, -0.05) is 26.2 Å². The van der Waals surface area contributed by atoms with Crippen molar-refractivity contribution in [3.63, 3.8) is 0 Å². The Hall–Kier alpha value is 0.230. The Morgan fingerprint density at radius 2 is 1.85 bits per heavy atom. The maximum atomic E-state index is 5.96. The molecule has 0 aromatic rings. The summed E-state index contributed by atoms with van der Waals surface area (Å²) in [5, 5.41) is 5.22. The molecule has 2 saturated carbocycles. The molecule has 2 unspecified atom stereocenters. The van der Waals surface area contributed by atoms with Crippen LogP contribution in [0, 0.1) is 0 Å². The van der Waals surface area contributed by atoms with Gasteiger partial charge in [-0.2, -0.15) is 11.8 Å². The molecule has 20 heavy (non-hydrogen) atoms. The van der Waals surface area contributed by atoms with Crippen LogP contribution in [0.15, 0.2) is 0 Å². The predicted molar refractivity (Wildman–Crippen MR) is 84.2 cm³/mol. The molecule has 3 nitrogen and oxygen atoms in total. The van der Waals surface area contributed by atoms with E-state index in [1.54, 1.807) is 0 Å². The van der Waals surface area contributed by atoms with Crippen LogP contribution in [0.2, 0.25) is 0 Å². The van der Waals surface area contributed by atoms with Crippen LogP contribution in [-0.2, 0) is 9.47 Å². The van der Waals surface area contributed by atoms with Crippen LogP contribution in [-0.4, -0.2) is 42.1 Å². The van der Waals surface area contributed by atoms with Crippen LogP contribution in [0.1, 0.15) is 58.3 Å². The summed E-state index contributed by atoms with van der Waals surface area (Å²) in [4.78, 5) is 0. The monoisotopic (exact) mass is 299 g/mol. The molecule has 2 atom stereocenters. The Bertz CT molecular complexity index is 301. The Morgan fingerprint density at radius 3 is 2.55 bits per heavy atom. The Balaban J connectivity index is 1.61. The lowest BCUT2D eigenvalue weighted by Crippen LogP contribution is -2.50. The first kappa shape index (κ1) is 15.1. The average Bonchev–Trinajstić information content (AvgIpc) is 2.92. The van der Waals surface area contributed by atoms with E-state index in [0.29, 0.717) is 11.3 Å². The largest absolute Gasteiger partial charge is 0.347 e. The van der Waals surface area contributed by atoms with Gasteiger partial charge in [-0.25, -0.2) is 0 Å². The van der Waals surface area contributed by atoms with Gasteiger partial charge in [0.25, 0.3) is 0 Å². The molecule has 3 rings (SSSR count). The van der Waals surface area contributed by atoms with E-state index >= 15 is 0 Å².